The van der Waals surface area contributed by atoms with Gasteiger partial charge in [-0.3, -0.25) is 0 Å². The average Bonchev–Trinajstić information content (AvgIpc) is 2.61. The molecular weight excluding hydrogens is 342 g/mol. The second-order valence-electron chi connectivity index (χ2n) is 6.47. The number of aliphatic hydroxyl groups is 2. The summed E-state index contributed by atoms with van der Waals surface area (Å²) in [6.45, 7) is 21.4. The second kappa shape index (κ2) is 20.0. The van der Waals surface area contributed by atoms with Crippen LogP contribution in [-0.2, 0) is 0 Å². The molecule has 0 aromatic heterocycles. The smallest absolute Gasteiger partial charge is 0.0671 e. The summed E-state index contributed by atoms with van der Waals surface area (Å²) in [5.74, 6) is 1.92. The lowest BCUT2D eigenvalue weighted by Gasteiger charge is -2.56. The molecular formula is C22H39NO2S. The molecule has 0 aromatic carbocycles. The van der Waals surface area contributed by atoms with Gasteiger partial charge in [-0.2, -0.15) is 0 Å². The third-order valence-corrected chi connectivity index (χ3v) is 4.26. The third-order valence-electron chi connectivity index (χ3n) is 4.13. The Labute approximate surface area is 166 Å². The highest BCUT2D eigenvalue weighted by Gasteiger charge is 2.49. The largest absolute Gasteiger partial charge is 0.394 e. The minimum atomic E-state index is -0.125. The normalized spacial score (nSPS) is 19.7. The number of thiocarbonyl (C=S) groups is 1. The Bertz CT molecular complexity index is 441. The van der Waals surface area contributed by atoms with Gasteiger partial charge in [-0.1, -0.05) is 43.7 Å². The zero-order valence-corrected chi connectivity index (χ0v) is 18.2. The van der Waals surface area contributed by atoms with Gasteiger partial charge in [0.1, 0.15) is 0 Å². The van der Waals surface area contributed by atoms with Crippen molar-refractivity contribution in [2.75, 3.05) is 19.8 Å². The Morgan fingerprint density at radius 2 is 1.69 bits per heavy atom. The summed E-state index contributed by atoms with van der Waals surface area (Å²) in [5.41, 5.74) is 2.28. The molecule has 3 aliphatic rings. The molecule has 3 rings (SSSR count). The highest BCUT2D eigenvalue weighted by molar-refractivity contribution is 7.78. The number of isothiocyanates is 1. The predicted molar refractivity (Wildman–Crippen MR) is 120 cm³/mol. The van der Waals surface area contributed by atoms with E-state index >= 15 is 0 Å². The van der Waals surface area contributed by atoms with Crippen molar-refractivity contribution in [2.45, 2.75) is 47.5 Å². The van der Waals surface area contributed by atoms with E-state index < -0.39 is 0 Å². The molecule has 1 fully saturated rings. The summed E-state index contributed by atoms with van der Waals surface area (Å²) in [4.78, 5) is 3.54. The van der Waals surface area contributed by atoms with Crippen LogP contribution in [0, 0.1) is 17.3 Å². The van der Waals surface area contributed by atoms with E-state index in [9.17, 15) is 0 Å². The number of nitrogens with zero attached hydrogens (tertiary/aromatic N) is 1. The first-order chi connectivity index (χ1) is 12.3. The van der Waals surface area contributed by atoms with Gasteiger partial charge in [0.15, 0.2) is 0 Å². The molecule has 0 amide bonds. The maximum absolute atomic E-state index is 7.62. The quantitative estimate of drug-likeness (QED) is 0.378. The van der Waals surface area contributed by atoms with E-state index in [1.54, 1.807) is 23.8 Å². The highest BCUT2D eigenvalue weighted by atomic mass is 32.1. The lowest BCUT2D eigenvalue weighted by molar-refractivity contribution is -0.00579. The van der Waals surface area contributed by atoms with Crippen LogP contribution in [-0.4, -0.2) is 35.1 Å². The fourth-order valence-electron chi connectivity index (χ4n) is 2.76. The van der Waals surface area contributed by atoms with Gasteiger partial charge < -0.3 is 10.2 Å². The third kappa shape index (κ3) is 13.9. The zero-order chi connectivity index (χ0) is 21.0. The molecule has 3 nitrogen and oxygen atoms in total. The lowest BCUT2D eigenvalue weighted by atomic mass is 9.49. The standard InChI is InChI=1S/C10H16.C4H5NS.2C3H6.C2H6O2/c1-7-4-5-8-6-9(7)10(8,2)3;1-2-3-5-4-6;2*1-3-2;3-1-2-4/h4,8-9H,5-6H2,1-3H3;2H,1,3H2;2*3H,1H2,2H3;3-4H,1-2H2. The van der Waals surface area contributed by atoms with Crippen LogP contribution in [0.15, 0.2) is 54.6 Å². The number of allylic oxidation sites excluding steroid dienone is 4. The van der Waals surface area contributed by atoms with Crippen molar-refractivity contribution in [2.24, 2.45) is 22.2 Å². The van der Waals surface area contributed by atoms with Crippen LogP contribution in [0.1, 0.15) is 47.5 Å². The summed E-state index contributed by atoms with van der Waals surface area (Å²) in [6.07, 6.45) is 10.4. The molecule has 0 heterocycles. The summed E-state index contributed by atoms with van der Waals surface area (Å²) >= 11 is 4.25. The van der Waals surface area contributed by atoms with Crippen LogP contribution >= 0.6 is 12.2 Å². The van der Waals surface area contributed by atoms with E-state index in [-0.39, 0.29) is 13.2 Å². The van der Waals surface area contributed by atoms with Crippen molar-refractivity contribution in [1.82, 2.24) is 0 Å². The molecule has 2 atom stereocenters. The van der Waals surface area contributed by atoms with Crippen LogP contribution in [0.2, 0.25) is 0 Å². The minimum absolute atomic E-state index is 0.125. The van der Waals surface area contributed by atoms with Gasteiger partial charge in [0, 0.05) is 0 Å². The Balaban J connectivity index is -0.000000287. The van der Waals surface area contributed by atoms with E-state index in [0.717, 1.165) is 11.8 Å². The van der Waals surface area contributed by atoms with E-state index in [1.807, 2.05) is 13.8 Å². The number of fused-ring (bicyclic) bond motifs is 1. The van der Waals surface area contributed by atoms with Gasteiger partial charge >= 0.3 is 0 Å². The van der Waals surface area contributed by atoms with E-state index in [0.29, 0.717) is 12.0 Å². The van der Waals surface area contributed by atoms with E-state index in [2.05, 4.69) is 69.0 Å². The SMILES string of the molecule is C=CC.C=CC.C=CCN=C=S.CC1=CCC2CC1C2(C)C.OCCO. The molecule has 0 aromatic rings. The van der Waals surface area contributed by atoms with Gasteiger partial charge in [0.2, 0.25) is 0 Å². The molecule has 2 bridgehead atoms. The monoisotopic (exact) mass is 381 g/mol. The minimum Gasteiger partial charge on any atom is -0.394 e. The number of aliphatic imine (C=N–C) groups is 1. The molecule has 1 saturated carbocycles. The Morgan fingerprint density at radius 3 is 1.85 bits per heavy atom. The first kappa shape index (κ1) is 29.4. The molecule has 0 saturated heterocycles. The first-order valence-electron chi connectivity index (χ1n) is 8.95. The van der Waals surface area contributed by atoms with Crippen molar-refractivity contribution in [3.8, 4) is 0 Å². The molecule has 2 N–H and O–H groups in total. The van der Waals surface area contributed by atoms with Crippen molar-refractivity contribution in [1.29, 1.82) is 0 Å². The van der Waals surface area contributed by atoms with Crippen LogP contribution < -0.4 is 0 Å². The molecule has 4 heteroatoms. The van der Waals surface area contributed by atoms with E-state index in [1.165, 1.54) is 12.8 Å². The summed E-state index contributed by atoms with van der Waals surface area (Å²) < 4.78 is 0. The summed E-state index contributed by atoms with van der Waals surface area (Å²) in [6, 6.07) is 0. The van der Waals surface area contributed by atoms with Crippen molar-refractivity contribution >= 4 is 17.4 Å². The van der Waals surface area contributed by atoms with E-state index in [4.69, 9.17) is 10.2 Å². The Morgan fingerprint density at radius 1 is 1.23 bits per heavy atom. The molecule has 0 aliphatic heterocycles. The van der Waals surface area contributed by atoms with Gasteiger partial charge in [0.05, 0.1) is 24.9 Å². The predicted octanol–water partition coefficient (Wildman–Crippen LogP) is 5.63. The number of rotatable bonds is 3. The van der Waals surface area contributed by atoms with Gasteiger partial charge in [-0.25, -0.2) is 4.99 Å². The molecule has 3 aliphatic carbocycles. The molecule has 26 heavy (non-hydrogen) atoms. The maximum atomic E-state index is 7.62. The van der Waals surface area contributed by atoms with Gasteiger partial charge in [-0.15, -0.1) is 19.7 Å². The molecule has 150 valence electrons. The second-order valence-corrected chi connectivity index (χ2v) is 6.66. The molecule has 0 radical (unpaired) electrons. The van der Waals surface area contributed by atoms with Gasteiger partial charge in [-0.05, 0) is 63.1 Å². The van der Waals surface area contributed by atoms with Crippen LogP contribution in [0.4, 0.5) is 0 Å². The lowest BCUT2D eigenvalue weighted by Crippen LogP contribution is -2.47. The van der Waals surface area contributed by atoms with Crippen molar-refractivity contribution in [3.63, 3.8) is 0 Å². The molecule has 0 spiro atoms. The number of hydrogen-bond acceptors (Lipinski definition) is 4. The van der Waals surface area contributed by atoms with Crippen LogP contribution in [0.25, 0.3) is 0 Å². The van der Waals surface area contributed by atoms with Crippen LogP contribution in [0.3, 0.4) is 0 Å². The Kier molecular flexibility index (Phi) is 22.6. The van der Waals surface area contributed by atoms with Crippen LogP contribution in [0.5, 0.6) is 0 Å². The first-order valence-corrected chi connectivity index (χ1v) is 9.36. The average molecular weight is 382 g/mol. The summed E-state index contributed by atoms with van der Waals surface area (Å²) in [5, 5.41) is 17.5. The number of aliphatic hydroxyl groups excluding tert-OH is 2. The molecule has 2 unspecified atom stereocenters. The Hall–Kier alpha value is -1.32. The van der Waals surface area contributed by atoms with Gasteiger partial charge in [0.25, 0.3) is 0 Å². The maximum Gasteiger partial charge on any atom is 0.0671 e. The zero-order valence-electron chi connectivity index (χ0n) is 17.4. The topological polar surface area (TPSA) is 52.8 Å². The van der Waals surface area contributed by atoms with Crippen molar-refractivity contribution < 1.29 is 10.2 Å². The fraction of sp³-hybridized carbons (Fsp3) is 0.591. The summed E-state index contributed by atoms with van der Waals surface area (Å²) in [7, 11) is 0. The fourth-order valence-corrected chi connectivity index (χ4v) is 2.84. The highest BCUT2D eigenvalue weighted by Crippen LogP contribution is 2.58. The van der Waals surface area contributed by atoms with Crippen molar-refractivity contribution in [3.05, 3.63) is 49.6 Å². The number of hydrogen-bond donors (Lipinski definition) is 2.